The quantitative estimate of drug-likeness (QED) is 0.657. The Morgan fingerprint density at radius 1 is 1.38 bits per heavy atom. The van der Waals surface area contributed by atoms with E-state index in [0.29, 0.717) is 0 Å². The molecule has 0 amide bonds. The molecule has 0 radical (unpaired) electrons. The first-order chi connectivity index (χ1) is 11.4. The largest absolute Gasteiger partial charge is 0.301 e. The van der Waals surface area contributed by atoms with Crippen molar-refractivity contribution in [3.05, 3.63) is 59.4 Å². The highest BCUT2D eigenvalue weighted by Crippen LogP contribution is 2.41. The summed E-state index contributed by atoms with van der Waals surface area (Å²) in [6, 6.07) is 0. The Balaban J connectivity index is 2.42. The minimum absolute atomic E-state index is 0.0330. The van der Waals surface area contributed by atoms with Crippen molar-refractivity contribution in [2.75, 3.05) is 13.6 Å². The van der Waals surface area contributed by atoms with Crippen LogP contribution in [0.15, 0.2) is 59.4 Å². The Morgan fingerprint density at radius 2 is 2.04 bits per heavy atom. The summed E-state index contributed by atoms with van der Waals surface area (Å²) < 4.78 is 0. The summed E-state index contributed by atoms with van der Waals surface area (Å²) >= 11 is 0. The third-order valence-corrected chi connectivity index (χ3v) is 5.58. The molecule has 128 valence electrons. The lowest BCUT2D eigenvalue weighted by Crippen LogP contribution is -2.57. The molecule has 2 aliphatic rings. The van der Waals surface area contributed by atoms with Crippen molar-refractivity contribution >= 4 is 0 Å². The second-order valence-electron chi connectivity index (χ2n) is 6.86. The van der Waals surface area contributed by atoms with Crippen LogP contribution in [0.25, 0.3) is 0 Å². The molecule has 0 saturated carbocycles. The molecular formula is C22H30N2. The normalized spacial score (nSPS) is 25.3. The molecule has 2 rings (SSSR count). The zero-order valence-electron chi connectivity index (χ0n) is 15.7. The topological polar surface area (TPSA) is 6.48 Å². The minimum atomic E-state index is -0.0330. The van der Waals surface area contributed by atoms with Crippen molar-refractivity contribution in [2.45, 2.75) is 52.0 Å². The second-order valence-corrected chi connectivity index (χ2v) is 6.86. The number of likely N-dealkylation sites (N-methyl/N-ethyl adjacent to an activating group) is 1. The van der Waals surface area contributed by atoms with Gasteiger partial charge >= 0.3 is 0 Å². The SMILES string of the molecule is C#CC1=CCCC=C1CN1C(=C)C(C=C)=C(C)C(C)(CCC)N1C. The monoisotopic (exact) mass is 322 g/mol. The van der Waals surface area contributed by atoms with Crippen LogP contribution in [-0.2, 0) is 0 Å². The van der Waals surface area contributed by atoms with Gasteiger partial charge in [-0.2, -0.15) is 0 Å². The molecule has 0 saturated heterocycles. The van der Waals surface area contributed by atoms with Crippen LogP contribution < -0.4 is 0 Å². The van der Waals surface area contributed by atoms with Gasteiger partial charge in [-0.3, -0.25) is 0 Å². The lowest BCUT2D eigenvalue weighted by atomic mass is 9.81. The standard InChI is InChI=1S/C22H30N2/c1-8-15-22(6)17(4)21(10-3)18(5)24(23(22)7)16-20-14-12-11-13-19(20)9-2/h2,10,13-14H,3,5,8,11-12,15-16H2,1,4,6-7H3. The maximum atomic E-state index is 5.71. The van der Waals surface area contributed by atoms with E-state index in [1.54, 1.807) is 0 Å². The van der Waals surface area contributed by atoms with Crippen LogP contribution in [0.2, 0.25) is 0 Å². The average Bonchev–Trinajstić information content (AvgIpc) is 2.58. The van der Waals surface area contributed by atoms with Crippen molar-refractivity contribution in [2.24, 2.45) is 0 Å². The van der Waals surface area contributed by atoms with Gasteiger partial charge < -0.3 is 5.01 Å². The first kappa shape index (κ1) is 18.4. The van der Waals surface area contributed by atoms with Crippen LogP contribution in [0.3, 0.4) is 0 Å². The summed E-state index contributed by atoms with van der Waals surface area (Å²) in [5.41, 5.74) is 5.71. The van der Waals surface area contributed by atoms with E-state index in [9.17, 15) is 0 Å². The van der Waals surface area contributed by atoms with Crippen LogP contribution in [-0.4, -0.2) is 29.1 Å². The number of allylic oxidation sites excluding steroid dienone is 3. The molecular weight excluding hydrogens is 292 g/mol. The molecule has 0 N–H and O–H groups in total. The highest BCUT2D eigenvalue weighted by atomic mass is 15.6. The van der Waals surface area contributed by atoms with Crippen LogP contribution in [0, 0.1) is 12.3 Å². The fourth-order valence-electron chi connectivity index (χ4n) is 3.83. The summed E-state index contributed by atoms with van der Waals surface area (Å²) in [6.45, 7) is 15.9. The predicted octanol–water partition coefficient (Wildman–Crippen LogP) is 5.00. The molecule has 2 heteroatoms. The molecule has 0 aromatic rings. The molecule has 1 heterocycles. The summed E-state index contributed by atoms with van der Waals surface area (Å²) in [6.07, 6.45) is 16.4. The van der Waals surface area contributed by atoms with E-state index in [-0.39, 0.29) is 5.54 Å². The number of hydrogen-bond donors (Lipinski definition) is 0. The molecule has 0 fully saturated rings. The van der Waals surface area contributed by atoms with Gasteiger partial charge in [0.1, 0.15) is 0 Å². The van der Waals surface area contributed by atoms with E-state index in [2.05, 4.69) is 69.1 Å². The van der Waals surface area contributed by atoms with E-state index in [1.165, 1.54) is 11.1 Å². The molecule has 1 aliphatic carbocycles. The van der Waals surface area contributed by atoms with Gasteiger partial charge in [-0.1, -0.05) is 50.7 Å². The van der Waals surface area contributed by atoms with E-state index in [1.807, 2.05) is 6.08 Å². The molecule has 24 heavy (non-hydrogen) atoms. The molecule has 1 aliphatic heterocycles. The van der Waals surface area contributed by atoms with Gasteiger partial charge in [0.05, 0.1) is 17.8 Å². The molecule has 0 aromatic carbocycles. The number of nitrogens with zero attached hydrogens (tertiary/aromatic N) is 2. The number of rotatable bonds is 5. The third kappa shape index (κ3) is 3.01. The van der Waals surface area contributed by atoms with Crippen molar-refractivity contribution in [3.63, 3.8) is 0 Å². The number of terminal acetylenes is 1. The van der Waals surface area contributed by atoms with Crippen molar-refractivity contribution in [1.82, 2.24) is 10.0 Å². The average molecular weight is 322 g/mol. The summed E-state index contributed by atoms with van der Waals surface area (Å²) in [7, 11) is 2.16. The lowest BCUT2D eigenvalue weighted by Gasteiger charge is -2.52. The fourth-order valence-corrected chi connectivity index (χ4v) is 3.83. The Labute approximate surface area is 147 Å². The first-order valence-electron chi connectivity index (χ1n) is 8.81. The van der Waals surface area contributed by atoms with Gasteiger partial charge in [-0.05, 0) is 49.8 Å². The smallest absolute Gasteiger partial charge is 0.0606 e. The van der Waals surface area contributed by atoms with E-state index < -0.39 is 0 Å². The lowest BCUT2D eigenvalue weighted by molar-refractivity contribution is -0.0441. The molecule has 1 unspecified atom stereocenters. The van der Waals surface area contributed by atoms with E-state index in [4.69, 9.17) is 6.42 Å². The molecule has 2 nitrogen and oxygen atoms in total. The van der Waals surface area contributed by atoms with Gasteiger partial charge in [-0.25, -0.2) is 5.01 Å². The minimum Gasteiger partial charge on any atom is -0.301 e. The summed E-state index contributed by atoms with van der Waals surface area (Å²) in [5.74, 6) is 2.84. The maximum Gasteiger partial charge on any atom is 0.0606 e. The van der Waals surface area contributed by atoms with Gasteiger partial charge in [-0.15, -0.1) is 6.42 Å². The van der Waals surface area contributed by atoms with Gasteiger partial charge in [0.15, 0.2) is 0 Å². The van der Waals surface area contributed by atoms with Crippen molar-refractivity contribution in [1.29, 1.82) is 0 Å². The Morgan fingerprint density at radius 3 is 2.62 bits per heavy atom. The first-order valence-corrected chi connectivity index (χ1v) is 8.81. The molecule has 0 spiro atoms. The van der Waals surface area contributed by atoms with Crippen LogP contribution in [0.5, 0.6) is 0 Å². The zero-order chi connectivity index (χ0) is 17.9. The summed E-state index contributed by atoms with van der Waals surface area (Å²) in [5, 5.41) is 4.60. The predicted molar refractivity (Wildman–Crippen MR) is 104 cm³/mol. The Bertz CT molecular complexity index is 669. The van der Waals surface area contributed by atoms with Crippen LogP contribution >= 0.6 is 0 Å². The highest BCUT2D eigenvalue weighted by molar-refractivity contribution is 5.50. The van der Waals surface area contributed by atoms with Gasteiger partial charge in [0.2, 0.25) is 0 Å². The van der Waals surface area contributed by atoms with Crippen molar-refractivity contribution < 1.29 is 0 Å². The zero-order valence-corrected chi connectivity index (χ0v) is 15.7. The van der Waals surface area contributed by atoms with Gasteiger partial charge in [0.25, 0.3) is 0 Å². The third-order valence-electron chi connectivity index (χ3n) is 5.58. The highest BCUT2D eigenvalue weighted by Gasteiger charge is 2.40. The number of hydrazine groups is 1. The van der Waals surface area contributed by atoms with E-state index in [0.717, 1.165) is 49.1 Å². The molecule has 0 aromatic heterocycles. The number of hydrogen-bond acceptors (Lipinski definition) is 2. The molecule has 0 bridgehead atoms. The molecule has 1 atom stereocenters. The summed E-state index contributed by atoms with van der Waals surface area (Å²) in [4.78, 5) is 0. The van der Waals surface area contributed by atoms with E-state index >= 15 is 0 Å². The fraction of sp³-hybridized carbons (Fsp3) is 0.455. The van der Waals surface area contributed by atoms with Crippen molar-refractivity contribution in [3.8, 4) is 12.3 Å². The second kappa shape index (κ2) is 7.28. The maximum absolute atomic E-state index is 5.71. The van der Waals surface area contributed by atoms with Crippen LogP contribution in [0.1, 0.15) is 46.5 Å². The Kier molecular flexibility index (Phi) is 5.57. The van der Waals surface area contributed by atoms with Crippen LogP contribution in [0.4, 0.5) is 0 Å². The Hall–Kier alpha value is -1.98. The van der Waals surface area contributed by atoms with Gasteiger partial charge in [0, 0.05) is 12.6 Å².